The van der Waals surface area contributed by atoms with Gasteiger partial charge in [0, 0.05) is 11.6 Å². The number of phenols is 2. The Kier molecular flexibility index (Phi) is 4.45. The number of hydrogen-bond donors (Lipinski definition) is 2. The second-order valence-corrected chi connectivity index (χ2v) is 4.82. The number of benzene rings is 2. The molecule has 100 valence electrons. The molecule has 0 atom stereocenters. The fourth-order valence-corrected chi connectivity index (χ4v) is 2.37. The Bertz CT molecular complexity index is 532. The van der Waals surface area contributed by atoms with E-state index in [-0.39, 0.29) is 11.5 Å². The average Bonchev–Trinajstić information content (AvgIpc) is 2.39. The van der Waals surface area contributed by atoms with E-state index in [1.165, 1.54) is 6.07 Å². The maximum absolute atomic E-state index is 10.1. The molecule has 0 fully saturated rings. The molecule has 2 rings (SSSR count). The normalized spacial score (nSPS) is 10.6. The van der Waals surface area contributed by atoms with Crippen molar-refractivity contribution in [2.75, 3.05) is 0 Å². The van der Waals surface area contributed by atoms with Crippen molar-refractivity contribution in [1.82, 2.24) is 0 Å². The highest BCUT2D eigenvalue weighted by Gasteiger charge is 2.12. The van der Waals surface area contributed by atoms with Crippen molar-refractivity contribution in [1.29, 1.82) is 0 Å². The van der Waals surface area contributed by atoms with Gasteiger partial charge >= 0.3 is 0 Å². The van der Waals surface area contributed by atoms with Crippen molar-refractivity contribution in [2.45, 2.75) is 32.6 Å². The van der Waals surface area contributed by atoms with Crippen LogP contribution >= 0.6 is 0 Å². The molecule has 2 heteroatoms. The van der Waals surface area contributed by atoms with E-state index in [0.717, 1.165) is 42.4 Å². The third-order valence-corrected chi connectivity index (χ3v) is 3.30. The highest BCUT2D eigenvalue weighted by Crippen LogP contribution is 2.36. The molecule has 0 amide bonds. The van der Waals surface area contributed by atoms with E-state index in [2.05, 4.69) is 6.92 Å². The first kappa shape index (κ1) is 13.5. The fraction of sp³-hybridized carbons (Fsp3) is 0.294. The molecule has 0 heterocycles. The lowest BCUT2D eigenvalue weighted by Gasteiger charge is -2.12. The molecule has 0 aliphatic heterocycles. The molecule has 2 aromatic rings. The van der Waals surface area contributed by atoms with Gasteiger partial charge in [-0.25, -0.2) is 0 Å². The van der Waals surface area contributed by atoms with Crippen LogP contribution in [-0.2, 0) is 6.42 Å². The quantitative estimate of drug-likeness (QED) is 0.773. The maximum Gasteiger partial charge on any atom is 0.127 e. The second-order valence-electron chi connectivity index (χ2n) is 4.82. The summed E-state index contributed by atoms with van der Waals surface area (Å²) in [6.07, 6.45) is 4.26. The number of unbranched alkanes of at least 4 members (excludes halogenated alkanes) is 2. The Balaban J connectivity index is 2.40. The molecule has 2 aromatic carbocycles. The summed E-state index contributed by atoms with van der Waals surface area (Å²) >= 11 is 0. The molecule has 0 spiro atoms. The fourth-order valence-electron chi connectivity index (χ4n) is 2.37. The monoisotopic (exact) mass is 256 g/mol. The molecule has 2 N–H and O–H groups in total. The highest BCUT2D eigenvalue weighted by molar-refractivity contribution is 5.74. The van der Waals surface area contributed by atoms with E-state index < -0.39 is 0 Å². The van der Waals surface area contributed by atoms with Gasteiger partial charge in [-0.1, -0.05) is 50.1 Å². The van der Waals surface area contributed by atoms with Crippen LogP contribution in [-0.4, -0.2) is 10.2 Å². The number of aryl methyl sites for hydroxylation is 1. The van der Waals surface area contributed by atoms with Gasteiger partial charge in [-0.2, -0.15) is 0 Å². The van der Waals surface area contributed by atoms with Crippen LogP contribution in [0.5, 0.6) is 11.5 Å². The van der Waals surface area contributed by atoms with Gasteiger partial charge < -0.3 is 10.2 Å². The maximum atomic E-state index is 10.1. The van der Waals surface area contributed by atoms with Gasteiger partial charge in [-0.3, -0.25) is 0 Å². The lowest BCUT2D eigenvalue weighted by Crippen LogP contribution is -1.92. The number of phenolic OH excluding ortho intramolecular Hbond substituents is 2. The summed E-state index contributed by atoms with van der Waals surface area (Å²) in [7, 11) is 0. The molecule has 0 unspecified atom stereocenters. The smallest absolute Gasteiger partial charge is 0.127 e. The van der Waals surface area contributed by atoms with Crippen molar-refractivity contribution in [2.24, 2.45) is 0 Å². The first-order valence-electron chi connectivity index (χ1n) is 6.82. The molecule has 0 saturated heterocycles. The number of hydrogen-bond acceptors (Lipinski definition) is 2. The van der Waals surface area contributed by atoms with Crippen molar-refractivity contribution < 1.29 is 10.2 Å². The Morgan fingerprint density at radius 1 is 0.947 bits per heavy atom. The predicted octanol–water partition coefficient (Wildman–Crippen LogP) is 4.50. The molecule has 19 heavy (non-hydrogen) atoms. The first-order chi connectivity index (χ1) is 9.22. The number of rotatable bonds is 5. The molecular formula is C17H20O2. The molecule has 0 aliphatic rings. The lowest BCUT2D eigenvalue weighted by atomic mass is 9.94. The molecule has 0 aliphatic carbocycles. The van der Waals surface area contributed by atoms with Crippen LogP contribution in [0.4, 0.5) is 0 Å². The van der Waals surface area contributed by atoms with Crippen LogP contribution in [0.3, 0.4) is 0 Å². The van der Waals surface area contributed by atoms with Crippen LogP contribution in [0.15, 0.2) is 42.5 Å². The molecule has 0 bridgehead atoms. The minimum absolute atomic E-state index is 0.128. The Hall–Kier alpha value is -1.96. The van der Waals surface area contributed by atoms with Crippen molar-refractivity contribution in [3.63, 3.8) is 0 Å². The predicted molar refractivity (Wildman–Crippen MR) is 78.4 cm³/mol. The lowest BCUT2D eigenvalue weighted by molar-refractivity contribution is 0.450. The van der Waals surface area contributed by atoms with E-state index in [4.69, 9.17) is 0 Å². The second kappa shape index (κ2) is 6.28. The third kappa shape index (κ3) is 3.28. The summed E-state index contributed by atoms with van der Waals surface area (Å²) in [6, 6.07) is 13.0. The summed E-state index contributed by atoms with van der Waals surface area (Å²) in [4.78, 5) is 0. The molecule has 0 aromatic heterocycles. The number of aromatic hydroxyl groups is 2. The molecular weight excluding hydrogens is 236 g/mol. The summed E-state index contributed by atoms with van der Waals surface area (Å²) < 4.78 is 0. The summed E-state index contributed by atoms with van der Waals surface area (Å²) in [5.41, 5.74) is 2.85. The standard InChI is InChI=1S/C17H20O2/c1-2-3-5-10-14-11-15(18)12-16(19)17(14)13-8-6-4-7-9-13/h4,6-9,11-12,18-19H,2-3,5,10H2,1H3. The summed E-state index contributed by atoms with van der Waals surface area (Å²) in [5.74, 6) is 0.279. The van der Waals surface area contributed by atoms with Gasteiger partial charge in [-0.05, 0) is 30.0 Å². The van der Waals surface area contributed by atoms with Gasteiger partial charge in [0.2, 0.25) is 0 Å². The molecule has 0 saturated carbocycles. The highest BCUT2D eigenvalue weighted by atomic mass is 16.3. The van der Waals surface area contributed by atoms with Gasteiger partial charge in [0.05, 0.1) is 0 Å². The minimum Gasteiger partial charge on any atom is -0.508 e. The SMILES string of the molecule is CCCCCc1cc(O)cc(O)c1-c1ccccc1. The van der Waals surface area contributed by atoms with Crippen LogP contribution in [0, 0.1) is 0 Å². The van der Waals surface area contributed by atoms with E-state index in [1.807, 2.05) is 30.3 Å². The van der Waals surface area contributed by atoms with Gasteiger partial charge in [0.25, 0.3) is 0 Å². The van der Waals surface area contributed by atoms with E-state index >= 15 is 0 Å². The van der Waals surface area contributed by atoms with Crippen LogP contribution < -0.4 is 0 Å². The van der Waals surface area contributed by atoms with Crippen LogP contribution in [0.2, 0.25) is 0 Å². The average molecular weight is 256 g/mol. The van der Waals surface area contributed by atoms with E-state index in [9.17, 15) is 10.2 Å². The van der Waals surface area contributed by atoms with Gasteiger partial charge in [-0.15, -0.1) is 0 Å². The Morgan fingerprint density at radius 2 is 1.68 bits per heavy atom. The Morgan fingerprint density at radius 3 is 2.37 bits per heavy atom. The minimum atomic E-state index is 0.128. The van der Waals surface area contributed by atoms with Gasteiger partial charge in [0.15, 0.2) is 0 Å². The zero-order valence-corrected chi connectivity index (χ0v) is 11.3. The van der Waals surface area contributed by atoms with Crippen LogP contribution in [0.1, 0.15) is 31.7 Å². The van der Waals surface area contributed by atoms with E-state index in [0.29, 0.717) is 0 Å². The summed E-state index contributed by atoms with van der Waals surface area (Å²) in [5, 5.41) is 19.8. The topological polar surface area (TPSA) is 40.5 Å². The first-order valence-corrected chi connectivity index (χ1v) is 6.82. The van der Waals surface area contributed by atoms with Crippen LogP contribution in [0.25, 0.3) is 11.1 Å². The summed E-state index contributed by atoms with van der Waals surface area (Å²) in [6.45, 7) is 2.16. The van der Waals surface area contributed by atoms with Crippen molar-refractivity contribution in [3.05, 3.63) is 48.0 Å². The Labute approximate surface area is 114 Å². The third-order valence-electron chi connectivity index (χ3n) is 3.30. The van der Waals surface area contributed by atoms with E-state index in [1.54, 1.807) is 6.07 Å². The zero-order valence-electron chi connectivity index (χ0n) is 11.3. The van der Waals surface area contributed by atoms with Crippen molar-refractivity contribution >= 4 is 0 Å². The molecule has 0 radical (unpaired) electrons. The largest absolute Gasteiger partial charge is 0.508 e. The van der Waals surface area contributed by atoms with Gasteiger partial charge in [0.1, 0.15) is 11.5 Å². The van der Waals surface area contributed by atoms with Crippen molar-refractivity contribution in [3.8, 4) is 22.6 Å². The molecule has 2 nitrogen and oxygen atoms in total. The zero-order chi connectivity index (χ0) is 13.7.